The Bertz CT molecular complexity index is 468. The standard InChI is InChI=1S/C9H7BrN2O2/c1-5-11-9(14-12-5)7-3-2-6(13)4-8(7)10/h2-4,13H,1H3. The van der Waals surface area contributed by atoms with Gasteiger partial charge in [-0.2, -0.15) is 4.98 Å². The first kappa shape index (κ1) is 9.21. The highest BCUT2D eigenvalue weighted by atomic mass is 79.9. The molecule has 0 amide bonds. The van der Waals surface area contributed by atoms with E-state index >= 15 is 0 Å². The molecule has 0 aliphatic carbocycles. The Kier molecular flexibility index (Phi) is 2.25. The van der Waals surface area contributed by atoms with Crippen LogP contribution in [0, 0.1) is 6.92 Å². The van der Waals surface area contributed by atoms with Crippen molar-refractivity contribution in [3.8, 4) is 17.2 Å². The monoisotopic (exact) mass is 254 g/mol. The van der Waals surface area contributed by atoms with E-state index in [1.165, 1.54) is 0 Å². The van der Waals surface area contributed by atoms with Crippen LogP contribution in [0.5, 0.6) is 5.75 Å². The molecule has 0 aliphatic rings. The van der Waals surface area contributed by atoms with Gasteiger partial charge in [0.2, 0.25) is 0 Å². The minimum atomic E-state index is 0.192. The number of hydrogen-bond donors (Lipinski definition) is 1. The fourth-order valence-electron chi connectivity index (χ4n) is 1.08. The van der Waals surface area contributed by atoms with Crippen LogP contribution >= 0.6 is 15.9 Å². The first-order valence-corrected chi connectivity index (χ1v) is 4.75. The van der Waals surface area contributed by atoms with Gasteiger partial charge in [0.25, 0.3) is 5.89 Å². The third kappa shape index (κ3) is 1.63. The number of hydrogen-bond acceptors (Lipinski definition) is 4. The Hall–Kier alpha value is -1.36. The number of benzene rings is 1. The summed E-state index contributed by atoms with van der Waals surface area (Å²) in [6, 6.07) is 4.86. The molecule has 5 heteroatoms. The van der Waals surface area contributed by atoms with E-state index < -0.39 is 0 Å². The zero-order valence-corrected chi connectivity index (χ0v) is 8.95. The molecule has 1 N–H and O–H groups in total. The van der Waals surface area contributed by atoms with Gasteiger partial charge in [-0.05, 0) is 41.1 Å². The molecule has 2 aromatic rings. The second-order valence-corrected chi connectivity index (χ2v) is 3.67. The van der Waals surface area contributed by atoms with Gasteiger partial charge in [0.1, 0.15) is 5.75 Å². The minimum absolute atomic E-state index is 0.192. The summed E-state index contributed by atoms with van der Waals surface area (Å²) < 4.78 is 5.72. The summed E-state index contributed by atoms with van der Waals surface area (Å²) in [6.45, 7) is 1.75. The fourth-order valence-corrected chi connectivity index (χ4v) is 1.62. The smallest absolute Gasteiger partial charge is 0.259 e. The average molecular weight is 255 g/mol. The normalized spacial score (nSPS) is 10.4. The molecule has 0 bridgehead atoms. The maximum atomic E-state index is 9.19. The molecule has 1 aromatic carbocycles. The molecule has 1 aromatic heterocycles. The number of aromatic nitrogens is 2. The van der Waals surface area contributed by atoms with Gasteiger partial charge < -0.3 is 9.63 Å². The molecule has 0 radical (unpaired) electrons. The molecular weight excluding hydrogens is 248 g/mol. The lowest BCUT2D eigenvalue weighted by atomic mass is 10.2. The minimum Gasteiger partial charge on any atom is -0.508 e. The lowest BCUT2D eigenvalue weighted by Crippen LogP contribution is -1.80. The molecule has 0 saturated heterocycles. The van der Waals surface area contributed by atoms with Gasteiger partial charge in [-0.3, -0.25) is 0 Å². The lowest BCUT2D eigenvalue weighted by Gasteiger charge is -1.98. The van der Waals surface area contributed by atoms with Gasteiger partial charge in [0, 0.05) is 4.47 Å². The summed E-state index contributed by atoms with van der Waals surface area (Å²) >= 11 is 3.31. The molecular formula is C9H7BrN2O2. The number of phenols is 1. The predicted molar refractivity (Wildman–Crippen MR) is 53.8 cm³/mol. The molecule has 0 spiro atoms. The summed E-state index contributed by atoms with van der Waals surface area (Å²) in [5, 5.41) is 12.9. The quantitative estimate of drug-likeness (QED) is 0.850. The van der Waals surface area contributed by atoms with Crippen LogP contribution in [0.3, 0.4) is 0 Å². The number of rotatable bonds is 1. The van der Waals surface area contributed by atoms with E-state index in [1.54, 1.807) is 25.1 Å². The number of nitrogens with zero attached hydrogens (tertiary/aromatic N) is 2. The van der Waals surface area contributed by atoms with Crippen LogP contribution < -0.4 is 0 Å². The highest BCUT2D eigenvalue weighted by Crippen LogP contribution is 2.29. The van der Waals surface area contributed by atoms with Crippen molar-refractivity contribution in [1.29, 1.82) is 0 Å². The number of aryl methyl sites for hydroxylation is 1. The predicted octanol–water partition coefficient (Wildman–Crippen LogP) is 2.51. The van der Waals surface area contributed by atoms with Crippen LogP contribution in [0.2, 0.25) is 0 Å². The Morgan fingerprint density at radius 2 is 2.21 bits per heavy atom. The van der Waals surface area contributed by atoms with Crippen LogP contribution in [0.4, 0.5) is 0 Å². The third-order valence-corrected chi connectivity index (χ3v) is 2.37. The van der Waals surface area contributed by atoms with E-state index in [-0.39, 0.29) is 5.75 Å². The summed E-state index contributed by atoms with van der Waals surface area (Å²) in [7, 11) is 0. The van der Waals surface area contributed by atoms with Crippen LogP contribution in [0.1, 0.15) is 5.82 Å². The van der Waals surface area contributed by atoms with Crippen molar-refractivity contribution in [2.24, 2.45) is 0 Å². The maximum Gasteiger partial charge on any atom is 0.259 e. The van der Waals surface area contributed by atoms with Crippen molar-refractivity contribution in [3.05, 3.63) is 28.5 Å². The highest BCUT2D eigenvalue weighted by molar-refractivity contribution is 9.10. The third-order valence-electron chi connectivity index (χ3n) is 1.71. The first-order chi connectivity index (χ1) is 6.66. The van der Waals surface area contributed by atoms with Crippen molar-refractivity contribution < 1.29 is 9.63 Å². The van der Waals surface area contributed by atoms with Gasteiger partial charge in [0.15, 0.2) is 5.82 Å². The molecule has 0 unspecified atom stereocenters. The van der Waals surface area contributed by atoms with Gasteiger partial charge in [0.05, 0.1) is 5.56 Å². The average Bonchev–Trinajstić information content (AvgIpc) is 2.51. The summed E-state index contributed by atoms with van der Waals surface area (Å²) in [6.07, 6.45) is 0. The molecule has 0 saturated carbocycles. The van der Waals surface area contributed by atoms with Crippen LogP contribution in [-0.2, 0) is 0 Å². The van der Waals surface area contributed by atoms with Crippen LogP contribution in [0.25, 0.3) is 11.5 Å². The molecule has 0 aliphatic heterocycles. The Balaban J connectivity index is 2.52. The van der Waals surface area contributed by atoms with Crippen molar-refractivity contribution in [2.75, 3.05) is 0 Å². The SMILES string of the molecule is Cc1noc(-c2ccc(O)cc2Br)n1. The van der Waals surface area contributed by atoms with Gasteiger partial charge in [-0.25, -0.2) is 0 Å². The molecule has 0 fully saturated rings. The second kappa shape index (κ2) is 3.42. The van der Waals surface area contributed by atoms with Gasteiger partial charge in [-0.15, -0.1) is 0 Å². The molecule has 72 valence electrons. The zero-order valence-electron chi connectivity index (χ0n) is 7.36. The van der Waals surface area contributed by atoms with Crippen LogP contribution in [0.15, 0.2) is 27.2 Å². The van der Waals surface area contributed by atoms with Crippen molar-refractivity contribution >= 4 is 15.9 Å². The molecule has 4 nitrogen and oxygen atoms in total. The summed E-state index contributed by atoms with van der Waals surface area (Å²) in [4.78, 5) is 4.08. The van der Waals surface area contributed by atoms with Gasteiger partial charge >= 0.3 is 0 Å². The molecule has 14 heavy (non-hydrogen) atoms. The Labute approximate surface area is 88.7 Å². The van der Waals surface area contributed by atoms with Crippen molar-refractivity contribution in [1.82, 2.24) is 10.1 Å². The zero-order chi connectivity index (χ0) is 10.1. The summed E-state index contributed by atoms with van der Waals surface area (Å²) in [5.74, 6) is 1.21. The van der Waals surface area contributed by atoms with E-state index in [9.17, 15) is 5.11 Å². The van der Waals surface area contributed by atoms with E-state index in [4.69, 9.17) is 4.52 Å². The van der Waals surface area contributed by atoms with E-state index in [2.05, 4.69) is 26.1 Å². The summed E-state index contributed by atoms with van der Waals surface area (Å²) in [5.41, 5.74) is 0.767. The largest absolute Gasteiger partial charge is 0.508 e. The molecule has 2 rings (SSSR count). The highest BCUT2D eigenvalue weighted by Gasteiger charge is 2.10. The number of phenolic OH excluding ortho intramolecular Hbond substituents is 1. The van der Waals surface area contributed by atoms with Gasteiger partial charge in [-0.1, -0.05) is 5.16 Å². The fraction of sp³-hybridized carbons (Fsp3) is 0.111. The second-order valence-electron chi connectivity index (χ2n) is 2.81. The topological polar surface area (TPSA) is 59.2 Å². The molecule has 0 atom stereocenters. The number of aromatic hydroxyl groups is 1. The Morgan fingerprint density at radius 1 is 1.43 bits per heavy atom. The number of halogens is 1. The van der Waals surface area contributed by atoms with Crippen molar-refractivity contribution in [3.63, 3.8) is 0 Å². The lowest BCUT2D eigenvalue weighted by molar-refractivity contribution is 0.425. The van der Waals surface area contributed by atoms with E-state index in [0.717, 1.165) is 10.0 Å². The maximum absolute atomic E-state index is 9.19. The first-order valence-electron chi connectivity index (χ1n) is 3.96. The Morgan fingerprint density at radius 3 is 2.79 bits per heavy atom. The van der Waals surface area contributed by atoms with E-state index in [0.29, 0.717) is 11.7 Å². The molecule has 1 heterocycles. The van der Waals surface area contributed by atoms with Crippen LogP contribution in [-0.4, -0.2) is 15.2 Å². The van der Waals surface area contributed by atoms with Crippen molar-refractivity contribution in [2.45, 2.75) is 6.92 Å². The van der Waals surface area contributed by atoms with E-state index in [1.807, 2.05) is 0 Å².